The fourth-order valence-corrected chi connectivity index (χ4v) is 7.29. The largest absolute Gasteiger partial charge is 0.337 e. The van der Waals surface area contributed by atoms with E-state index >= 15 is 0 Å². The molecule has 0 aromatic heterocycles. The van der Waals surface area contributed by atoms with E-state index in [2.05, 4.69) is 162 Å². The number of fused-ring (bicyclic) bond motifs is 2. The predicted molar refractivity (Wildman–Crippen MR) is 199 cm³/mol. The quantitative estimate of drug-likeness (QED) is 0.179. The molecule has 2 nitrogen and oxygen atoms in total. The van der Waals surface area contributed by atoms with Crippen LogP contribution < -0.4 is 9.80 Å². The summed E-state index contributed by atoms with van der Waals surface area (Å²) in [5, 5.41) is 5.22. The Kier molecular flexibility index (Phi) is 9.14. The average molecular weight is 601 g/mol. The van der Waals surface area contributed by atoms with Crippen molar-refractivity contribution in [2.24, 2.45) is 0 Å². The summed E-state index contributed by atoms with van der Waals surface area (Å²) in [6.07, 6.45) is 31.7. The molecule has 0 N–H and O–H groups in total. The summed E-state index contributed by atoms with van der Waals surface area (Å²) in [5.41, 5.74) is 8.33. The summed E-state index contributed by atoms with van der Waals surface area (Å²) in [7, 11) is 0. The van der Waals surface area contributed by atoms with E-state index in [9.17, 15) is 0 Å². The molecule has 2 heteroatoms. The maximum absolute atomic E-state index is 2.60. The smallest absolute Gasteiger partial charge is 0.0556 e. The molecule has 46 heavy (non-hydrogen) atoms. The van der Waals surface area contributed by atoms with Gasteiger partial charge in [-0.3, -0.25) is 0 Å². The molecule has 0 saturated heterocycles. The van der Waals surface area contributed by atoms with E-state index in [1.54, 1.807) is 5.57 Å². The number of rotatable bonds is 10. The molecule has 0 aliphatic heterocycles. The van der Waals surface area contributed by atoms with Gasteiger partial charge in [-0.2, -0.15) is 0 Å². The van der Waals surface area contributed by atoms with Crippen molar-refractivity contribution < 1.29 is 0 Å². The Hall–Kier alpha value is -4.82. The second-order valence-electron chi connectivity index (χ2n) is 12.5. The molecule has 0 bridgehead atoms. The van der Waals surface area contributed by atoms with Gasteiger partial charge in [-0.25, -0.2) is 0 Å². The van der Waals surface area contributed by atoms with E-state index in [1.165, 1.54) is 50.0 Å². The molecule has 3 aliphatic carbocycles. The van der Waals surface area contributed by atoms with Crippen LogP contribution in [0.5, 0.6) is 0 Å². The molecule has 0 radical (unpaired) electrons. The number of anilines is 2. The van der Waals surface area contributed by atoms with Crippen molar-refractivity contribution in [2.75, 3.05) is 9.80 Å². The van der Waals surface area contributed by atoms with Crippen molar-refractivity contribution in [3.63, 3.8) is 0 Å². The summed E-state index contributed by atoms with van der Waals surface area (Å²) in [4.78, 5) is 5.15. The fraction of sp³-hybridized carbons (Fsp3) is 0.227. The normalized spacial score (nSPS) is 18.0. The van der Waals surface area contributed by atoms with Gasteiger partial charge in [0.2, 0.25) is 0 Å². The molecule has 4 aromatic rings. The molecule has 0 spiro atoms. The van der Waals surface area contributed by atoms with Crippen molar-refractivity contribution in [1.82, 2.24) is 0 Å². The highest BCUT2D eigenvalue weighted by atomic mass is 15.2. The summed E-state index contributed by atoms with van der Waals surface area (Å²) in [6, 6.07) is 31.4. The van der Waals surface area contributed by atoms with Crippen LogP contribution in [0.15, 0.2) is 168 Å². The number of allylic oxidation sites excluding steroid dienone is 12. The van der Waals surface area contributed by atoms with Gasteiger partial charge >= 0.3 is 0 Å². The van der Waals surface area contributed by atoms with Crippen LogP contribution in [0.25, 0.3) is 21.5 Å². The first-order chi connectivity index (χ1) is 22.8. The van der Waals surface area contributed by atoms with Crippen LogP contribution >= 0.6 is 0 Å². The monoisotopic (exact) mass is 600 g/mol. The highest BCUT2D eigenvalue weighted by molar-refractivity contribution is 5.96. The standard InChI is InChI=1S/C44H44N2/c1-2-37(45(38-21-5-3-6-22-38)43-28-14-19-35-17-9-11-26-41(35)43)25-13-16-34-30-32-40(33-31-34)46(39-23-7-4-8-24-39)44-29-15-20-36-18-10-12-27-42(36)44/h3-5,7-12,14-15,17-21,23,25-30,32,39H,2,6,13,16,22,24,31,33H2,1H3/b37-25+. The maximum Gasteiger partial charge on any atom is 0.0556 e. The van der Waals surface area contributed by atoms with Gasteiger partial charge in [0, 0.05) is 33.6 Å². The third-order valence-corrected chi connectivity index (χ3v) is 9.62. The first kappa shape index (κ1) is 29.9. The van der Waals surface area contributed by atoms with Crippen LogP contribution in [-0.4, -0.2) is 6.04 Å². The van der Waals surface area contributed by atoms with E-state index in [4.69, 9.17) is 0 Å². The molecule has 0 saturated carbocycles. The van der Waals surface area contributed by atoms with Crippen LogP contribution in [0, 0.1) is 0 Å². The number of hydrogen-bond donors (Lipinski definition) is 0. The van der Waals surface area contributed by atoms with Crippen molar-refractivity contribution in [3.8, 4) is 0 Å². The lowest BCUT2D eigenvalue weighted by molar-refractivity contribution is 0.707. The first-order valence-corrected chi connectivity index (χ1v) is 17.1. The minimum absolute atomic E-state index is 0.330. The molecule has 3 aliphatic rings. The molecular weight excluding hydrogens is 556 g/mol. The van der Waals surface area contributed by atoms with Crippen molar-refractivity contribution in [3.05, 3.63) is 168 Å². The average Bonchev–Trinajstić information content (AvgIpc) is 3.13. The predicted octanol–water partition coefficient (Wildman–Crippen LogP) is 12.1. The van der Waals surface area contributed by atoms with Crippen LogP contribution in [0.4, 0.5) is 11.4 Å². The number of benzene rings is 4. The van der Waals surface area contributed by atoms with Gasteiger partial charge in [-0.05, 0) is 86.4 Å². The van der Waals surface area contributed by atoms with Gasteiger partial charge in [-0.15, -0.1) is 0 Å². The number of hydrogen-bond acceptors (Lipinski definition) is 2. The van der Waals surface area contributed by atoms with Gasteiger partial charge in [0.25, 0.3) is 0 Å². The van der Waals surface area contributed by atoms with Gasteiger partial charge in [-0.1, -0.05) is 134 Å². The van der Waals surface area contributed by atoms with Gasteiger partial charge < -0.3 is 9.80 Å². The SMILES string of the molecule is CC/C(=C\CCC1=CC=C(N(c2cccc3ccccc23)C2C=CC=CC2)CC1)N(C1=CC=CCC1)c1cccc2ccccc12. The molecule has 1 unspecified atom stereocenters. The minimum atomic E-state index is 0.330. The second kappa shape index (κ2) is 14.1. The Morgan fingerprint density at radius 2 is 1.43 bits per heavy atom. The summed E-state index contributed by atoms with van der Waals surface area (Å²) < 4.78 is 0. The molecule has 230 valence electrons. The first-order valence-electron chi connectivity index (χ1n) is 17.1. The van der Waals surface area contributed by atoms with Gasteiger partial charge in [0.15, 0.2) is 0 Å². The second-order valence-corrected chi connectivity index (χ2v) is 12.5. The van der Waals surface area contributed by atoms with Crippen LogP contribution in [0.1, 0.15) is 58.3 Å². The molecule has 0 fully saturated rings. The topological polar surface area (TPSA) is 6.48 Å². The lowest BCUT2D eigenvalue weighted by Gasteiger charge is -2.36. The third kappa shape index (κ3) is 6.30. The third-order valence-electron chi connectivity index (χ3n) is 9.62. The zero-order valence-electron chi connectivity index (χ0n) is 27.0. The maximum atomic E-state index is 2.60. The zero-order chi connectivity index (χ0) is 31.1. The van der Waals surface area contributed by atoms with Crippen LogP contribution in [0.3, 0.4) is 0 Å². The van der Waals surface area contributed by atoms with Gasteiger partial charge in [0.05, 0.1) is 11.7 Å². The van der Waals surface area contributed by atoms with E-state index in [-0.39, 0.29) is 0 Å². The molecule has 7 rings (SSSR count). The Labute approximate surface area is 274 Å². The summed E-state index contributed by atoms with van der Waals surface area (Å²) in [5.74, 6) is 0. The molecule has 0 amide bonds. The Bertz CT molecular complexity index is 1920. The zero-order valence-corrected chi connectivity index (χ0v) is 27.0. The molecule has 4 aromatic carbocycles. The highest BCUT2D eigenvalue weighted by Crippen LogP contribution is 2.38. The van der Waals surface area contributed by atoms with E-state index in [0.717, 1.165) is 51.4 Å². The minimum Gasteiger partial charge on any atom is -0.337 e. The molecular formula is C44H44N2. The highest BCUT2D eigenvalue weighted by Gasteiger charge is 2.24. The Morgan fingerprint density at radius 1 is 0.696 bits per heavy atom. The van der Waals surface area contributed by atoms with Crippen molar-refractivity contribution in [1.29, 1.82) is 0 Å². The Balaban J connectivity index is 1.15. The van der Waals surface area contributed by atoms with Crippen molar-refractivity contribution in [2.45, 2.75) is 64.3 Å². The lowest BCUT2D eigenvalue weighted by Crippen LogP contribution is -2.34. The lowest BCUT2D eigenvalue weighted by atomic mass is 9.94. The molecule has 0 heterocycles. The summed E-state index contributed by atoms with van der Waals surface area (Å²) >= 11 is 0. The van der Waals surface area contributed by atoms with Crippen LogP contribution in [0.2, 0.25) is 0 Å². The molecule has 1 atom stereocenters. The van der Waals surface area contributed by atoms with Crippen LogP contribution in [-0.2, 0) is 0 Å². The van der Waals surface area contributed by atoms with E-state index < -0.39 is 0 Å². The Morgan fingerprint density at radius 3 is 2.11 bits per heavy atom. The fourth-order valence-electron chi connectivity index (χ4n) is 7.29. The van der Waals surface area contributed by atoms with Crippen molar-refractivity contribution >= 4 is 32.9 Å². The van der Waals surface area contributed by atoms with E-state index in [0.29, 0.717) is 6.04 Å². The van der Waals surface area contributed by atoms with E-state index in [1.807, 2.05) is 0 Å². The summed E-state index contributed by atoms with van der Waals surface area (Å²) in [6.45, 7) is 2.30. The number of nitrogens with zero attached hydrogens (tertiary/aromatic N) is 2. The van der Waals surface area contributed by atoms with Gasteiger partial charge in [0.1, 0.15) is 0 Å².